The van der Waals surface area contributed by atoms with Gasteiger partial charge in [-0.05, 0) is 19.4 Å². The Balaban J connectivity index is 2.00. The fraction of sp³-hybridized carbons (Fsp3) is 0.500. The second-order valence-corrected chi connectivity index (χ2v) is 5.70. The average Bonchev–Trinajstić information content (AvgIpc) is 2.87. The van der Waals surface area contributed by atoms with Gasteiger partial charge in [-0.15, -0.1) is 0 Å². The average molecular weight is 290 g/mol. The van der Waals surface area contributed by atoms with E-state index < -0.39 is 6.04 Å². The number of likely N-dealkylation sites (tertiary alicyclic amines) is 1. The first-order valence-electron chi connectivity index (χ1n) is 7.28. The van der Waals surface area contributed by atoms with E-state index in [9.17, 15) is 14.7 Å². The lowest BCUT2D eigenvalue weighted by atomic mass is 10.0. The van der Waals surface area contributed by atoms with Gasteiger partial charge >= 0.3 is 0 Å². The van der Waals surface area contributed by atoms with Gasteiger partial charge in [0.2, 0.25) is 11.8 Å². The lowest BCUT2D eigenvalue weighted by Crippen LogP contribution is -2.38. The van der Waals surface area contributed by atoms with Crippen LogP contribution in [0.4, 0.5) is 0 Å². The van der Waals surface area contributed by atoms with Crippen molar-refractivity contribution >= 4 is 11.8 Å². The molecular weight excluding hydrogens is 268 g/mol. The Labute approximate surface area is 125 Å². The van der Waals surface area contributed by atoms with E-state index in [1.165, 1.54) is 0 Å². The molecule has 0 spiro atoms. The molecule has 5 nitrogen and oxygen atoms in total. The molecular formula is C16H22N2O3. The molecule has 0 radical (unpaired) electrons. The van der Waals surface area contributed by atoms with Crippen molar-refractivity contribution in [3.8, 4) is 0 Å². The summed E-state index contributed by atoms with van der Waals surface area (Å²) in [5.74, 6) is -0.488. The first kappa shape index (κ1) is 15.5. The highest BCUT2D eigenvalue weighted by atomic mass is 16.3. The molecule has 2 amide bonds. The number of rotatable bonds is 5. The normalized spacial score (nSPS) is 19.9. The van der Waals surface area contributed by atoms with Gasteiger partial charge in [-0.2, -0.15) is 0 Å². The molecule has 0 saturated carbocycles. The fourth-order valence-corrected chi connectivity index (χ4v) is 2.62. The number of benzene rings is 1. The van der Waals surface area contributed by atoms with Crippen LogP contribution in [0.15, 0.2) is 30.3 Å². The van der Waals surface area contributed by atoms with E-state index in [-0.39, 0.29) is 36.8 Å². The highest BCUT2D eigenvalue weighted by molar-refractivity contribution is 5.89. The SMILES string of the molecule is CC(C)N1CC(C(=O)NC(CO)c2ccccc2)CC1=O. The van der Waals surface area contributed by atoms with E-state index in [1.807, 2.05) is 44.2 Å². The molecule has 0 aliphatic carbocycles. The van der Waals surface area contributed by atoms with Gasteiger partial charge in [-0.3, -0.25) is 9.59 Å². The number of aliphatic hydroxyl groups is 1. The van der Waals surface area contributed by atoms with Gasteiger partial charge in [0.25, 0.3) is 0 Å². The molecule has 1 aromatic rings. The summed E-state index contributed by atoms with van der Waals surface area (Å²) < 4.78 is 0. The minimum Gasteiger partial charge on any atom is -0.394 e. The molecule has 5 heteroatoms. The van der Waals surface area contributed by atoms with Crippen molar-refractivity contribution in [2.24, 2.45) is 5.92 Å². The van der Waals surface area contributed by atoms with Gasteiger partial charge in [0.15, 0.2) is 0 Å². The van der Waals surface area contributed by atoms with Crippen molar-refractivity contribution in [2.75, 3.05) is 13.2 Å². The Morgan fingerprint density at radius 2 is 2.05 bits per heavy atom. The van der Waals surface area contributed by atoms with Gasteiger partial charge in [-0.25, -0.2) is 0 Å². The smallest absolute Gasteiger partial charge is 0.225 e. The van der Waals surface area contributed by atoms with E-state index in [0.29, 0.717) is 6.54 Å². The third-order valence-corrected chi connectivity index (χ3v) is 3.85. The Bertz CT molecular complexity index is 502. The van der Waals surface area contributed by atoms with Crippen LogP contribution in [-0.2, 0) is 9.59 Å². The summed E-state index contributed by atoms with van der Waals surface area (Å²) in [7, 11) is 0. The molecule has 1 aliphatic rings. The van der Waals surface area contributed by atoms with E-state index >= 15 is 0 Å². The maximum Gasteiger partial charge on any atom is 0.225 e. The standard InChI is InChI=1S/C16H22N2O3/c1-11(2)18-9-13(8-15(18)20)16(21)17-14(10-19)12-6-4-3-5-7-12/h3-7,11,13-14,19H,8-10H2,1-2H3,(H,17,21). The number of amides is 2. The van der Waals surface area contributed by atoms with Crippen molar-refractivity contribution in [1.82, 2.24) is 10.2 Å². The molecule has 1 heterocycles. The molecule has 2 unspecified atom stereocenters. The van der Waals surface area contributed by atoms with Crippen molar-refractivity contribution in [2.45, 2.75) is 32.4 Å². The largest absolute Gasteiger partial charge is 0.394 e. The number of nitrogens with one attached hydrogen (secondary N) is 1. The van der Waals surface area contributed by atoms with Crippen LogP contribution in [0.1, 0.15) is 31.9 Å². The monoisotopic (exact) mass is 290 g/mol. The molecule has 2 rings (SSSR count). The fourth-order valence-electron chi connectivity index (χ4n) is 2.62. The number of aliphatic hydroxyl groups excluding tert-OH is 1. The summed E-state index contributed by atoms with van der Waals surface area (Å²) in [5, 5.41) is 12.3. The molecule has 0 aromatic heterocycles. The van der Waals surface area contributed by atoms with Crippen molar-refractivity contribution in [1.29, 1.82) is 0 Å². The van der Waals surface area contributed by atoms with Crippen molar-refractivity contribution in [3.63, 3.8) is 0 Å². The van der Waals surface area contributed by atoms with Crippen molar-refractivity contribution < 1.29 is 14.7 Å². The minimum absolute atomic E-state index is 0.0189. The quantitative estimate of drug-likeness (QED) is 0.853. The Kier molecular flexibility index (Phi) is 4.96. The predicted octanol–water partition coefficient (Wildman–Crippen LogP) is 1.09. The zero-order valence-corrected chi connectivity index (χ0v) is 12.5. The number of carbonyl (C=O) groups excluding carboxylic acids is 2. The van der Waals surface area contributed by atoms with Gasteiger partial charge < -0.3 is 15.3 Å². The summed E-state index contributed by atoms with van der Waals surface area (Å²) in [4.78, 5) is 25.9. The molecule has 2 N–H and O–H groups in total. The first-order chi connectivity index (χ1) is 10.0. The predicted molar refractivity (Wildman–Crippen MR) is 79.4 cm³/mol. The number of hydrogen-bond acceptors (Lipinski definition) is 3. The van der Waals surface area contributed by atoms with E-state index in [0.717, 1.165) is 5.56 Å². The Morgan fingerprint density at radius 1 is 1.38 bits per heavy atom. The van der Waals surface area contributed by atoms with E-state index in [1.54, 1.807) is 4.90 Å². The van der Waals surface area contributed by atoms with Crippen LogP contribution in [0.3, 0.4) is 0 Å². The van der Waals surface area contributed by atoms with E-state index in [2.05, 4.69) is 5.32 Å². The summed E-state index contributed by atoms with van der Waals surface area (Å²) in [6, 6.07) is 9.02. The molecule has 2 atom stereocenters. The summed E-state index contributed by atoms with van der Waals surface area (Å²) in [5.41, 5.74) is 0.860. The van der Waals surface area contributed by atoms with Crippen LogP contribution in [0.2, 0.25) is 0 Å². The van der Waals surface area contributed by atoms with Gasteiger partial charge in [-0.1, -0.05) is 30.3 Å². The molecule has 1 saturated heterocycles. The molecule has 1 fully saturated rings. The molecule has 114 valence electrons. The maximum absolute atomic E-state index is 12.3. The Hall–Kier alpha value is -1.88. The summed E-state index contributed by atoms with van der Waals surface area (Å²) in [6.45, 7) is 4.18. The third kappa shape index (κ3) is 3.61. The second-order valence-electron chi connectivity index (χ2n) is 5.70. The number of nitrogens with zero attached hydrogens (tertiary/aromatic N) is 1. The topological polar surface area (TPSA) is 69.6 Å². The summed E-state index contributed by atoms with van der Waals surface area (Å²) in [6.07, 6.45) is 0.247. The molecule has 1 aliphatic heterocycles. The van der Waals surface area contributed by atoms with Gasteiger partial charge in [0, 0.05) is 19.0 Å². The summed E-state index contributed by atoms with van der Waals surface area (Å²) >= 11 is 0. The minimum atomic E-state index is -0.429. The highest BCUT2D eigenvalue weighted by Crippen LogP contribution is 2.21. The van der Waals surface area contributed by atoms with Gasteiger partial charge in [0.05, 0.1) is 18.6 Å². The van der Waals surface area contributed by atoms with Crippen LogP contribution in [0, 0.1) is 5.92 Å². The maximum atomic E-state index is 12.3. The zero-order valence-electron chi connectivity index (χ0n) is 12.5. The first-order valence-corrected chi connectivity index (χ1v) is 7.28. The van der Waals surface area contributed by atoms with Gasteiger partial charge in [0.1, 0.15) is 0 Å². The lowest BCUT2D eigenvalue weighted by molar-refractivity contribution is -0.130. The van der Waals surface area contributed by atoms with Crippen molar-refractivity contribution in [3.05, 3.63) is 35.9 Å². The van der Waals surface area contributed by atoms with Crippen LogP contribution in [0.25, 0.3) is 0 Å². The second kappa shape index (κ2) is 6.72. The lowest BCUT2D eigenvalue weighted by Gasteiger charge is -2.22. The van der Waals surface area contributed by atoms with Crippen LogP contribution >= 0.6 is 0 Å². The third-order valence-electron chi connectivity index (χ3n) is 3.85. The Morgan fingerprint density at radius 3 is 2.57 bits per heavy atom. The highest BCUT2D eigenvalue weighted by Gasteiger charge is 2.36. The number of carbonyl (C=O) groups is 2. The molecule has 0 bridgehead atoms. The zero-order chi connectivity index (χ0) is 15.4. The number of hydrogen-bond donors (Lipinski definition) is 2. The molecule has 21 heavy (non-hydrogen) atoms. The van der Waals surface area contributed by atoms with Crippen LogP contribution < -0.4 is 5.32 Å². The van der Waals surface area contributed by atoms with Crippen LogP contribution in [-0.4, -0.2) is 41.0 Å². The van der Waals surface area contributed by atoms with Crippen LogP contribution in [0.5, 0.6) is 0 Å². The molecule has 1 aromatic carbocycles. The van der Waals surface area contributed by atoms with E-state index in [4.69, 9.17) is 0 Å².